The number of ether oxygens (including phenoxy) is 2. The van der Waals surface area contributed by atoms with Crippen LogP contribution in [-0.4, -0.2) is 31.7 Å². The fourth-order valence-electron chi connectivity index (χ4n) is 2.75. The molecule has 0 aliphatic heterocycles. The molecule has 2 N–H and O–H groups in total. The summed E-state index contributed by atoms with van der Waals surface area (Å²) in [5, 5.41) is 6.94. The quantitative estimate of drug-likeness (QED) is 0.526. The van der Waals surface area contributed by atoms with Crippen molar-refractivity contribution in [2.45, 2.75) is 33.6 Å². The number of aryl methyl sites for hydroxylation is 2. The minimum absolute atomic E-state index is 0.0350. The lowest BCUT2D eigenvalue weighted by atomic mass is 10.1. The first-order chi connectivity index (χ1) is 13.8. The number of carbonyl (C=O) groups is 2. The molecule has 0 saturated carbocycles. The first-order valence-corrected chi connectivity index (χ1v) is 9.26. The molecule has 2 aromatic rings. The van der Waals surface area contributed by atoms with Crippen LogP contribution in [0.25, 0.3) is 0 Å². The third-order valence-electron chi connectivity index (χ3n) is 4.38. The molecule has 29 heavy (non-hydrogen) atoms. The van der Waals surface area contributed by atoms with Crippen LogP contribution in [0.2, 0.25) is 0 Å². The van der Waals surface area contributed by atoms with E-state index < -0.39 is 0 Å². The lowest BCUT2D eigenvalue weighted by Crippen LogP contribution is -2.22. The van der Waals surface area contributed by atoms with Gasteiger partial charge in [0.15, 0.2) is 0 Å². The molecule has 7 heteroatoms. The molecule has 0 fully saturated rings. The molecular weight excluding hydrogens is 370 g/mol. The fraction of sp³-hybridized carbons (Fsp3) is 0.318. The zero-order valence-corrected chi connectivity index (χ0v) is 17.5. The van der Waals surface area contributed by atoms with Crippen LogP contribution in [0.4, 0.5) is 5.69 Å². The lowest BCUT2D eigenvalue weighted by Gasteiger charge is -2.10. The van der Waals surface area contributed by atoms with E-state index in [-0.39, 0.29) is 24.7 Å². The van der Waals surface area contributed by atoms with Gasteiger partial charge >= 0.3 is 0 Å². The summed E-state index contributed by atoms with van der Waals surface area (Å²) in [4.78, 5) is 24.2. The van der Waals surface area contributed by atoms with Crippen molar-refractivity contribution in [3.8, 4) is 11.5 Å². The van der Waals surface area contributed by atoms with Crippen LogP contribution in [0, 0.1) is 13.8 Å². The molecule has 0 heterocycles. The molecule has 0 atom stereocenters. The lowest BCUT2D eigenvalue weighted by molar-refractivity contribution is -0.124. The van der Waals surface area contributed by atoms with Crippen LogP contribution in [0.3, 0.4) is 0 Å². The van der Waals surface area contributed by atoms with Crippen molar-refractivity contribution in [1.82, 2.24) is 5.43 Å². The Hall–Kier alpha value is -3.35. The number of rotatable bonds is 8. The summed E-state index contributed by atoms with van der Waals surface area (Å²) in [6.45, 7) is 5.69. The van der Waals surface area contributed by atoms with Gasteiger partial charge in [0, 0.05) is 30.2 Å². The van der Waals surface area contributed by atoms with Gasteiger partial charge in [-0.25, -0.2) is 5.43 Å². The van der Waals surface area contributed by atoms with Gasteiger partial charge in [-0.05, 0) is 44.5 Å². The second-order valence-electron chi connectivity index (χ2n) is 6.66. The van der Waals surface area contributed by atoms with E-state index in [1.807, 2.05) is 32.0 Å². The zero-order chi connectivity index (χ0) is 21.4. The number of nitrogens with zero attached hydrogens (tertiary/aromatic N) is 1. The molecule has 0 bridgehead atoms. The highest BCUT2D eigenvalue weighted by atomic mass is 16.5. The normalized spacial score (nSPS) is 11.0. The Morgan fingerprint density at radius 3 is 2.34 bits per heavy atom. The molecular formula is C22H27N3O4. The monoisotopic (exact) mass is 397 g/mol. The number of amides is 2. The molecule has 7 nitrogen and oxygen atoms in total. The molecule has 2 amide bonds. The number of hydrazone groups is 1. The number of benzene rings is 2. The zero-order valence-electron chi connectivity index (χ0n) is 17.5. The summed E-state index contributed by atoms with van der Waals surface area (Å²) >= 11 is 0. The molecule has 0 saturated heterocycles. The summed E-state index contributed by atoms with van der Waals surface area (Å²) in [7, 11) is 3.13. The Balaban J connectivity index is 1.89. The van der Waals surface area contributed by atoms with E-state index in [9.17, 15) is 9.59 Å². The molecule has 154 valence electrons. The van der Waals surface area contributed by atoms with Gasteiger partial charge < -0.3 is 14.8 Å². The average Bonchev–Trinajstić information content (AvgIpc) is 2.71. The van der Waals surface area contributed by atoms with Crippen LogP contribution >= 0.6 is 0 Å². The van der Waals surface area contributed by atoms with E-state index in [2.05, 4.69) is 15.8 Å². The van der Waals surface area contributed by atoms with Crippen LogP contribution in [0.1, 0.15) is 36.5 Å². The van der Waals surface area contributed by atoms with Crippen molar-refractivity contribution in [3.63, 3.8) is 0 Å². The Morgan fingerprint density at radius 1 is 0.966 bits per heavy atom. The second-order valence-corrected chi connectivity index (χ2v) is 6.66. The van der Waals surface area contributed by atoms with Gasteiger partial charge in [-0.2, -0.15) is 5.10 Å². The van der Waals surface area contributed by atoms with Gasteiger partial charge in [0.25, 0.3) is 0 Å². The highest BCUT2D eigenvalue weighted by Gasteiger charge is 2.11. The fourth-order valence-corrected chi connectivity index (χ4v) is 2.75. The molecule has 0 aromatic heterocycles. The van der Waals surface area contributed by atoms with Gasteiger partial charge in [0.2, 0.25) is 11.8 Å². The number of methoxy groups -OCH3 is 2. The third kappa shape index (κ3) is 6.34. The smallest absolute Gasteiger partial charge is 0.240 e. The first kappa shape index (κ1) is 21.9. The predicted molar refractivity (Wildman–Crippen MR) is 114 cm³/mol. The van der Waals surface area contributed by atoms with Gasteiger partial charge in [0.05, 0.1) is 19.9 Å². The van der Waals surface area contributed by atoms with Crippen molar-refractivity contribution in [2.75, 3.05) is 19.5 Å². The Morgan fingerprint density at radius 2 is 1.69 bits per heavy atom. The second kappa shape index (κ2) is 10.3. The number of anilines is 1. The average molecular weight is 397 g/mol. The minimum atomic E-state index is -0.340. The maximum absolute atomic E-state index is 12.1. The third-order valence-corrected chi connectivity index (χ3v) is 4.38. The molecule has 2 rings (SSSR count). The van der Waals surface area contributed by atoms with E-state index in [1.54, 1.807) is 39.3 Å². The van der Waals surface area contributed by atoms with Gasteiger partial charge in [-0.3, -0.25) is 9.59 Å². The molecule has 0 spiro atoms. The topological polar surface area (TPSA) is 89.0 Å². The standard InChI is InChI=1S/C22H27N3O4/c1-14-6-9-19(15(2)12-14)23-21(26)10-11-22(27)25-24-16(3)18-8-7-17(28-4)13-20(18)29-5/h6-9,12-13H,10-11H2,1-5H3,(H,23,26)(H,25,27)/b24-16+. The SMILES string of the molecule is COc1ccc(/C(C)=N/NC(=O)CCC(=O)Nc2ccc(C)cc2C)c(OC)c1. The highest BCUT2D eigenvalue weighted by Crippen LogP contribution is 2.25. The highest BCUT2D eigenvalue weighted by molar-refractivity contribution is 6.02. The van der Waals surface area contributed by atoms with Crippen LogP contribution in [0.5, 0.6) is 11.5 Å². The van der Waals surface area contributed by atoms with E-state index in [4.69, 9.17) is 9.47 Å². The Labute approximate surface area is 171 Å². The van der Waals surface area contributed by atoms with E-state index >= 15 is 0 Å². The van der Waals surface area contributed by atoms with Gasteiger partial charge in [-0.15, -0.1) is 0 Å². The van der Waals surface area contributed by atoms with Crippen molar-refractivity contribution in [1.29, 1.82) is 0 Å². The molecule has 2 aromatic carbocycles. The van der Waals surface area contributed by atoms with Crippen LogP contribution in [-0.2, 0) is 9.59 Å². The predicted octanol–water partition coefficient (Wildman–Crippen LogP) is 3.58. The van der Waals surface area contributed by atoms with Crippen molar-refractivity contribution in [3.05, 3.63) is 53.1 Å². The number of carbonyl (C=O) groups excluding carboxylic acids is 2. The number of hydrogen-bond acceptors (Lipinski definition) is 5. The van der Waals surface area contributed by atoms with E-state index in [0.717, 1.165) is 22.4 Å². The van der Waals surface area contributed by atoms with Crippen LogP contribution in [0.15, 0.2) is 41.5 Å². The maximum atomic E-state index is 12.1. The maximum Gasteiger partial charge on any atom is 0.240 e. The number of nitrogens with one attached hydrogen (secondary N) is 2. The molecule has 0 aliphatic carbocycles. The molecule has 0 radical (unpaired) electrons. The Bertz CT molecular complexity index is 922. The van der Waals surface area contributed by atoms with Crippen LogP contribution < -0.4 is 20.2 Å². The molecule has 0 aliphatic rings. The summed E-state index contributed by atoms with van der Waals surface area (Å²) in [5.41, 5.74) is 6.66. The van der Waals surface area contributed by atoms with Crippen molar-refractivity contribution < 1.29 is 19.1 Å². The summed E-state index contributed by atoms with van der Waals surface area (Å²) in [5.74, 6) is 0.696. The summed E-state index contributed by atoms with van der Waals surface area (Å²) in [6, 6.07) is 11.1. The molecule has 0 unspecified atom stereocenters. The largest absolute Gasteiger partial charge is 0.497 e. The van der Waals surface area contributed by atoms with Gasteiger partial charge in [0.1, 0.15) is 11.5 Å². The number of hydrogen-bond donors (Lipinski definition) is 2. The van der Waals surface area contributed by atoms with Crippen molar-refractivity contribution >= 4 is 23.2 Å². The summed E-state index contributed by atoms with van der Waals surface area (Å²) in [6.07, 6.45) is 0.104. The van der Waals surface area contributed by atoms with Gasteiger partial charge in [-0.1, -0.05) is 17.7 Å². The Kier molecular flexibility index (Phi) is 7.77. The summed E-state index contributed by atoms with van der Waals surface area (Å²) < 4.78 is 10.5. The minimum Gasteiger partial charge on any atom is -0.497 e. The van der Waals surface area contributed by atoms with Crippen molar-refractivity contribution in [2.24, 2.45) is 5.10 Å². The van der Waals surface area contributed by atoms with E-state index in [1.165, 1.54) is 0 Å². The first-order valence-electron chi connectivity index (χ1n) is 9.26. The van der Waals surface area contributed by atoms with E-state index in [0.29, 0.717) is 17.2 Å².